The van der Waals surface area contributed by atoms with E-state index in [4.69, 9.17) is 18.9 Å². The molecule has 0 unspecified atom stereocenters. The topological polar surface area (TPSA) is 59.8 Å². The molecule has 1 saturated heterocycles. The second-order valence-electron chi connectivity index (χ2n) is 9.33. The van der Waals surface area contributed by atoms with Crippen LogP contribution >= 0.6 is 0 Å². The number of nitrogens with zero attached hydrogens (tertiary/aromatic N) is 2. The number of anilines is 1. The quantitative estimate of drug-likeness (QED) is 0.254. The first-order valence-corrected chi connectivity index (χ1v) is 13.3. The number of halogens is 1. The van der Waals surface area contributed by atoms with Gasteiger partial charge in [-0.05, 0) is 75.2 Å². The summed E-state index contributed by atoms with van der Waals surface area (Å²) in [7, 11) is 0. The normalized spacial score (nSPS) is 13.9. The number of nitrogens with one attached hydrogen (secondary N) is 1. The Balaban J connectivity index is 1.53. The van der Waals surface area contributed by atoms with E-state index in [-0.39, 0.29) is 11.9 Å². The number of rotatable bonds is 10. The van der Waals surface area contributed by atoms with Crippen LogP contribution in [0.4, 0.5) is 10.4 Å². The predicted molar refractivity (Wildman–Crippen MR) is 148 cm³/mol. The first-order chi connectivity index (χ1) is 18.7. The van der Waals surface area contributed by atoms with E-state index < -0.39 is 0 Å². The van der Waals surface area contributed by atoms with Crippen LogP contribution in [0.25, 0.3) is 22.4 Å². The maximum Gasteiger partial charge on any atom is 0.298 e. The van der Waals surface area contributed by atoms with E-state index in [0.717, 1.165) is 53.9 Å². The van der Waals surface area contributed by atoms with E-state index in [2.05, 4.69) is 22.3 Å². The Labute approximate surface area is 223 Å². The second kappa shape index (κ2) is 12.1. The largest absolute Gasteiger partial charge is 0.493 e. The molecule has 0 spiro atoms. The van der Waals surface area contributed by atoms with E-state index in [1.165, 1.54) is 12.1 Å². The van der Waals surface area contributed by atoms with Crippen molar-refractivity contribution >= 4 is 6.01 Å². The summed E-state index contributed by atoms with van der Waals surface area (Å²) >= 11 is 0. The molecule has 0 bridgehead atoms. The van der Waals surface area contributed by atoms with Gasteiger partial charge in [-0.15, -0.1) is 0 Å². The van der Waals surface area contributed by atoms with Gasteiger partial charge in [-0.25, -0.2) is 4.39 Å². The number of hydrogen-bond acceptors (Lipinski definition) is 6. The summed E-state index contributed by atoms with van der Waals surface area (Å²) in [6, 6.07) is 21.5. The first-order valence-electron chi connectivity index (χ1n) is 13.3. The molecule has 0 radical (unpaired) electrons. The summed E-state index contributed by atoms with van der Waals surface area (Å²) in [6.07, 6.45) is 3.72. The van der Waals surface area contributed by atoms with Gasteiger partial charge in [0.1, 0.15) is 29.3 Å². The molecule has 7 heteroatoms. The van der Waals surface area contributed by atoms with Crippen molar-refractivity contribution in [2.75, 3.05) is 31.2 Å². The van der Waals surface area contributed by atoms with Gasteiger partial charge in [-0.1, -0.05) is 42.5 Å². The zero-order valence-electron chi connectivity index (χ0n) is 22.0. The van der Waals surface area contributed by atoms with E-state index in [0.29, 0.717) is 37.3 Å². The summed E-state index contributed by atoms with van der Waals surface area (Å²) in [5.74, 6) is 1.14. The summed E-state index contributed by atoms with van der Waals surface area (Å²) in [5, 5.41) is 3.45. The average Bonchev–Trinajstić information content (AvgIpc) is 3.44. The van der Waals surface area contributed by atoms with E-state index >= 15 is 0 Å². The zero-order valence-corrected chi connectivity index (χ0v) is 22.0. The van der Waals surface area contributed by atoms with Crippen molar-refractivity contribution in [2.24, 2.45) is 0 Å². The van der Waals surface area contributed by atoms with Crippen LogP contribution in [0, 0.1) is 5.82 Å². The fraction of sp³-hybridized carbons (Fsp3) is 0.323. The molecule has 0 saturated carbocycles. The van der Waals surface area contributed by atoms with Crippen LogP contribution in [-0.4, -0.2) is 37.3 Å². The van der Waals surface area contributed by atoms with Crippen molar-refractivity contribution in [3.63, 3.8) is 0 Å². The Bertz CT molecular complexity index is 1290. The molecule has 6 nitrogen and oxygen atoms in total. The Morgan fingerprint density at radius 2 is 1.58 bits per heavy atom. The molecule has 1 aromatic heterocycles. The molecular formula is C31H34FN3O3. The molecule has 0 aliphatic carbocycles. The smallest absolute Gasteiger partial charge is 0.298 e. The number of hydrogen-bond donors (Lipinski definition) is 1. The van der Waals surface area contributed by atoms with Crippen molar-refractivity contribution in [2.45, 2.75) is 39.3 Å². The molecule has 198 valence electrons. The molecule has 1 N–H and O–H groups in total. The minimum absolute atomic E-state index is 0.278. The van der Waals surface area contributed by atoms with Crippen molar-refractivity contribution in [1.82, 2.24) is 10.3 Å². The Hall–Kier alpha value is -3.84. The third kappa shape index (κ3) is 5.83. The number of piperidine rings is 1. The lowest BCUT2D eigenvalue weighted by Crippen LogP contribution is -2.43. The van der Waals surface area contributed by atoms with Crippen LogP contribution < -0.4 is 19.7 Å². The van der Waals surface area contributed by atoms with Gasteiger partial charge >= 0.3 is 0 Å². The van der Waals surface area contributed by atoms with Gasteiger partial charge in [-0.2, -0.15) is 4.98 Å². The van der Waals surface area contributed by atoms with Crippen molar-refractivity contribution in [1.29, 1.82) is 0 Å². The monoisotopic (exact) mass is 515 g/mol. The summed E-state index contributed by atoms with van der Waals surface area (Å²) in [5.41, 5.74) is 4.54. The maximum absolute atomic E-state index is 13.7. The lowest BCUT2D eigenvalue weighted by atomic mass is 9.99. The molecule has 1 aliphatic rings. The summed E-state index contributed by atoms with van der Waals surface area (Å²) in [6.45, 7) is 7.41. The van der Waals surface area contributed by atoms with Crippen LogP contribution in [0.1, 0.15) is 32.3 Å². The van der Waals surface area contributed by atoms with Gasteiger partial charge in [0.15, 0.2) is 0 Å². The highest BCUT2D eigenvalue weighted by Gasteiger charge is 2.26. The van der Waals surface area contributed by atoms with Gasteiger partial charge in [0, 0.05) is 18.2 Å². The molecule has 1 aliphatic heterocycles. The van der Waals surface area contributed by atoms with Gasteiger partial charge < -0.3 is 24.1 Å². The molecule has 0 atom stereocenters. The summed E-state index contributed by atoms with van der Waals surface area (Å²) < 4.78 is 31.9. The lowest BCUT2D eigenvalue weighted by Gasteiger charge is -2.34. The number of aromatic nitrogens is 1. The molecule has 3 aromatic carbocycles. The third-order valence-electron chi connectivity index (χ3n) is 6.77. The average molecular weight is 516 g/mol. The lowest BCUT2D eigenvalue weighted by molar-refractivity contribution is 0.324. The Kier molecular flexibility index (Phi) is 8.24. The van der Waals surface area contributed by atoms with Gasteiger partial charge in [-0.3, -0.25) is 0 Å². The van der Waals surface area contributed by atoms with Crippen molar-refractivity contribution in [3.8, 4) is 33.9 Å². The first kappa shape index (κ1) is 25.8. The third-order valence-corrected chi connectivity index (χ3v) is 6.77. The molecule has 38 heavy (non-hydrogen) atoms. The van der Waals surface area contributed by atoms with Crippen molar-refractivity contribution < 1.29 is 18.3 Å². The molecule has 5 rings (SSSR count). The fourth-order valence-corrected chi connectivity index (χ4v) is 4.98. The summed E-state index contributed by atoms with van der Waals surface area (Å²) in [4.78, 5) is 7.14. The van der Waals surface area contributed by atoms with E-state index in [1.54, 1.807) is 18.4 Å². The highest BCUT2D eigenvalue weighted by atomic mass is 19.1. The van der Waals surface area contributed by atoms with Crippen LogP contribution in [0.15, 0.2) is 77.4 Å². The van der Waals surface area contributed by atoms with Gasteiger partial charge in [0.2, 0.25) is 0 Å². The highest BCUT2D eigenvalue weighted by molar-refractivity contribution is 5.77. The number of ether oxygens (including phenoxy) is 2. The second-order valence-corrected chi connectivity index (χ2v) is 9.33. The Morgan fingerprint density at radius 3 is 2.21 bits per heavy atom. The fourth-order valence-electron chi connectivity index (χ4n) is 4.98. The van der Waals surface area contributed by atoms with Crippen LogP contribution in [0.2, 0.25) is 0 Å². The molecular weight excluding hydrogens is 481 g/mol. The molecule has 4 aromatic rings. The van der Waals surface area contributed by atoms with Crippen LogP contribution in [-0.2, 0) is 6.54 Å². The highest BCUT2D eigenvalue weighted by Crippen LogP contribution is 2.41. The zero-order chi connectivity index (χ0) is 26.3. The SMILES string of the molecule is CCOc1cc(CN(c2nc(-c3ccccc3)co2)C2CCNCC2)cc(OCC)c1-c1ccc(F)cc1. The minimum Gasteiger partial charge on any atom is -0.493 e. The molecule has 2 heterocycles. The van der Waals surface area contributed by atoms with Gasteiger partial charge in [0.05, 0.1) is 18.8 Å². The molecule has 1 fully saturated rings. The maximum atomic E-state index is 13.7. The van der Waals surface area contributed by atoms with E-state index in [9.17, 15) is 4.39 Å². The predicted octanol–water partition coefficient (Wildman–Crippen LogP) is 6.70. The Morgan fingerprint density at radius 1 is 0.921 bits per heavy atom. The van der Waals surface area contributed by atoms with Crippen LogP contribution in [0.5, 0.6) is 11.5 Å². The van der Waals surface area contributed by atoms with Crippen molar-refractivity contribution in [3.05, 3.63) is 84.4 Å². The van der Waals surface area contributed by atoms with Crippen LogP contribution in [0.3, 0.4) is 0 Å². The molecule has 0 amide bonds. The standard InChI is InChI=1S/C31H34FN3O3/c1-3-36-28-18-22(19-29(37-4-2)30(28)24-10-12-25(32)13-11-24)20-35(26-14-16-33-17-15-26)31-34-27(21-38-31)23-8-6-5-7-9-23/h5-13,18-19,21,26,33H,3-4,14-17,20H2,1-2H3. The number of oxazole rings is 1. The van der Waals surface area contributed by atoms with Gasteiger partial charge in [0.25, 0.3) is 6.01 Å². The minimum atomic E-state index is -0.278. The van der Waals surface area contributed by atoms with E-state index in [1.807, 2.05) is 44.2 Å². The number of benzene rings is 3.